The van der Waals surface area contributed by atoms with E-state index in [0.717, 1.165) is 38.5 Å². The minimum atomic E-state index is -2.54. The fraction of sp³-hybridized carbons (Fsp3) is 0.500. The topological polar surface area (TPSA) is 27.7 Å². The van der Waals surface area contributed by atoms with Gasteiger partial charge in [0.2, 0.25) is 0 Å². The van der Waals surface area contributed by atoms with Gasteiger partial charge in [0.15, 0.2) is 5.79 Å². The highest BCUT2D eigenvalue weighted by Gasteiger charge is 2.51. The molecule has 2 saturated heterocycles. The SMILES string of the molecule is C=CC[C@H]1CC[C@@]2(CCC[C@@H](CO[Si](c3ccccc3)(c3ccccc3)C(C)(C)C)O2)O1. The lowest BCUT2D eigenvalue weighted by molar-refractivity contribution is -0.273. The van der Waals surface area contributed by atoms with Crippen molar-refractivity contribution in [1.82, 2.24) is 0 Å². The Morgan fingerprint density at radius 2 is 1.53 bits per heavy atom. The second kappa shape index (κ2) is 9.64. The van der Waals surface area contributed by atoms with Crippen LogP contribution in [0.5, 0.6) is 0 Å². The summed E-state index contributed by atoms with van der Waals surface area (Å²) in [6.45, 7) is 11.4. The lowest BCUT2D eigenvalue weighted by Gasteiger charge is -2.45. The highest BCUT2D eigenvalue weighted by molar-refractivity contribution is 6.99. The lowest BCUT2D eigenvalue weighted by Crippen LogP contribution is -2.67. The molecule has 3 nitrogen and oxygen atoms in total. The minimum absolute atomic E-state index is 0.0268. The van der Waals surface area contributed by atoms with Crippen LogP contribution in [0.3, 0.4) is 0 Å². The van der Waals surface area contributed by atoms with Crippen LogP contribution in [0.2, 0.25) is 5.04 Å². The maximum Gasteiger partial charge on any atom is 0.261 e. The molecule has 1 spiro atoms. The molecule has 2 fully saturated rings. The molecule has 2 aliphatic rings. The molecule has 4 rings (SSSR count). The van der Waals surface area contributed by atoms with Crippen LogP contribution >= 0.6 is 0 Å². The quantitative estimate of drug-likeness (QED) is 0.407. The molecule has 2 aromatic carbocycles. The number of ether oxygens (including phenoxy) is 2. The molecule has 0 bridgehead atoms. The van der Waals surface area contributed by atoms with Crippen LogP contribution in [-0.4, -0.2) is 32.9 Å². The van der Waals surface area contributed by atoms with Gasteiger partial charge in [-0.1, -0.05) is 87.5 Å². The standard InChI is InChI=1S/C28H38O3Si/c1-5-13-23-19-21-28(30-23)20-12-14-24(31-28)22-29-32(27(2,3)4,25-15-8-6-9-16-25)26-17-10-7-11-18-26/h5-11,15-18,23-24H,1,12-14,19-22H2,2-4H3/t23-,24-,28-/m0/s1. The van der Waals surface area contributed by atoms with Gasteiger partial charge in [-0.3, -0.25) is 0 Å². The molecule has 0 unspecified atom stereocenters. The van der Waals surface area contributed by atoms with E-state index in [0.29, 0.717) is 6.61 Å². The minimum Gasteiger partial charge on any atom is -0.405 e. The van der Waals surface area contributed by atoms with Crippen molar-refractivity contribution in [2.45, 2.75) is 82.3 Å². The molecule has 2 aromatic rings. The van der Waals surface area contributed by atoms with Crippen molar-refractivity contribution in [3.05, 3.63) is 73.3 Å². The molecular weight excluding hydrogens is 412 g/mol. The van der Waals surface area contributed by atoms with E-state index in [1.54, 1.807) is 0 Å². The van der Waals surface area contributed by atoms with Crippen molar-refractivity contribution in [2.24, 2.45) is 0 Å². The monoisotopic (exact) mass is 450 g/mol. The Balaban J connectivity index is 1.59. The summed E-state index contributed by atoms with van der Waals surface area (Å²) >= 11 is 0. The van der Waals surface area contributed by atoms with Gasteiger partial charge in [-0.25, -0.2) is 0 Å². The molecule has 0 amide bonds. The molecule has 0 radical (unpaired) electrons. The summed E-state index contributed by atoms with van der Waals surface area (Å²) in [5, 5.41) is 2.60. The van der Waals surface area contributed by atoms with Gasteiger partial charge in [-0.15, -0.1) is 6.58 Å². The maximum absolute atomic E-state index is 7.13. The molecule has 2 aliphatic heterocycles. The van der Waals surface area contributed by atoms with Crippen molar-refractivity contribution in [1.29, 1.82) is 0 Å². The molecule has 0 aliphatic carbocycles. The first-order valence-electron chi connectivity index (χ1n) is 12.1. The second-order valence-electron chi connectivity index (χ2n) is 10.3. The first-order valence-corrected chi connectivity index (χ1v) is 14.0. The Labute approximate surface area is 194 Å². The predicted molar refractivity (Wildman–Crippen MR) is 134 cm³/mol. The molecule has 0 N–H and O–H groups in total. The zero-order valence-corrected chi connectivity index (χ0v) is 20.9. The van der Waals surface area contributed by atoms with Gasteiger partial charge in [-0.05, 0) is 41.1 Å². The smallest absolute Gasteiger partial charge is 0.261 e. The third-order valence-electron chi connectivity index (χ3n) is 7.03. The summed E-state index contributed by atoms with van der Waals surface area (Å²) in [6, 6.07) is 21.7. The van der Waals surface area contributed by atoms with Crippen LogP contribution in [0.25, 0.3) is 0 Å². The van der Waals surface area contributed by atoms with Gasteiger partial charge < -0.3 is 13.9 Å². The highest BCUT2D eigenvalue weighted by atomic mass is 28.4. The fourth-order valence-corrected chi connectivity index (χ4v) is 10.1. The van der Waals surface area contributed by atoms with Crippen molar-refractivity contribution in [2.75, 3.05) is 6.61 Å². The van der Waals surface area contributed by atoms with Gasteiger partial charge in [0.05, 0.1) is 18.8 Å². The highest BCUT2D eigenvalue weighted by Crippen LogP contribution is 2.42. The van der Waals surface area contributed by atoms with Crippen molar-refractivity contribution in [3.63, 3.8) is 0 Å². The molecule has 172 valence electrons. The van der Waals surface area contributed by atoms with Crippen molar-refractivity contribution < 1.29 is 13.9 Å². The van der Waals surface area contributed by atoms with E-state index in [1.165, 1.54) is 10.4 Å². The van der Waals surface area contributed by atoms with Crippen LogP contribution in [0, 0.1) is 0 Å². The molecule has 0 aromatic heterocycles. The number of hydrogen-bond acceptors (Lipinski definition) is 3. The molecular formula is C28H38O3Si. The fourth-order valence-electron chi connectivity index (χ4n) is 5.54. The lowest BCUT2D eigenvalue weighted by atomic mass is 9.99. The van der Waals surface area contributed by atoms with Gasteiger partial charge in [-0.2, -0.15) is 0 Å². The Hall–Kier alpha value is -1.72. The van der Waals surface area contributed by atoms with Crippen LogP contribution in [0.15, 0.2) is 73.3 Å². The van der Waals surface area contributed by atoms with Crippen LogP contribution in [0.4, 0.5) is 0 Å². The van der Waals surface area contributed by atoms with Gasteiger partial charge in [0.25, 0.3) is 8.32 Å². The third kappa shape index (κ3) is 4.65. The number of benzene rings is 2. The normalized spacial score (nSPS) is 26.3. The number of rotatable bonds is 7. The van der Waals surface area contributed by atoms with Gasteiger partial charge >= 0.3 is 0 Å². The van der Waals surface area contributed by atoms with E-state index in [1.807, 2.05) is 6.08 Å². The van der Waals surface area contributed by atoms with E-state index in [2.05, 4.69) is 88.0 Å². The summed E-state index contributed by atoms with van der Waals surface area (Å²) in [5.74, 6) is -0.425. The molecule has 32 heavy (non-hydrogen) atoms. The van der Waals surface area contributed by atoms with Crippen LogP contribution in [-0.2, 0) is 13.9 Å². The molecule has 0 saturated carbocycles. The van der Waals surface area contributed by atoms with Crippen LogP contribution < -0.4 is 10.4 Å². The largest absolute Gasteiger partial charge is 0.405 e. The Kier molecular flexibility index (Phi) is 7.06. The average Bonchev–Trinajstić information content (AvgIpc) is 3.16. The number of hydrogen-bond donors (Lipinski definition) is 0. The summed E-state index contributed by atoms with van der Waals surface area (Å²) in [7, 11) is -2.54. The zero-order chi connectivity index (χ0) is 22.7. The summed E-state index contributed by atoms with van der Waals surface area (Å²) in [5.41, 5.74) is 0. The Morgan fingerprint density at radius 3 is 2.09 bits per heavy atom. The van der Waals surface area contributed by atoms with Gasteiger partial charge in [0, 0.05) is 12.8 Å². The average molecular weight is 451 g/mol. The summed E-state index contributed by atoms with van der Waals surface area (Å²) in [4.78, 5) is 0. The second-order valence-corrected chi connectivity index (χ2v) is 14.6. The predicted octanol–water partition coefficient (Wildman–Crippen LogP) is 5.58. The Morgan fingerprint density at radius 1 is 0.938 bits per heavy atom. The molecule has 2 heterocycles. The van der Waals surface area contributed by atoms with E-state index in [-0.39, 0.29) is 17.2 Å². The first-order chi connectivity index (χ1) is 15.4. The molecule has 3 atom stereocenters. The Bertz CT molecular complexity index is 837. The van der Waals surface area contributed by atoms with E-state index in [4.69, 9.17) is 13.9 Å². The van der Waals surface area contributed by atoms with E-state index < -0.39 is 14.1 Å². The van der Waals surface area contributed by atoms with E-state index >= 15 is 0 Å². The van der Waals surface area contributed by atoms with Crippen molar-refractivity contribution in [3.8, 4) is 0 Å². The summed E-state index contributed by atoms with van der Waals surface area (Å²) < 4.78 is 20.1. The molecule has 4 heteroatoms. The third-order valence-corrected chi connectivity index (χ3v) is 12.0. The van der Waals surface area contributed by atoms with Crippen molar-refractivity contribution >= 4 is 18.7 Å². The van der Waals surface area contributed by atoms with Gasteiger partial charge in [0.1, 0.15) is 0 Å². The first kappa shape index (κ1) is 23.4. The summed E-state index contributed by atoms with van der Waals surface area (Å²) in [6.07, 6.45) is 8.30. The van der Waals surface area contributed by atoms with E-state index in [9.17, 15) is 0 Å². The van der Waals surface area contributed by atoms with Crippen LogP contribution in [0.1, 0.15) is 59.3 Å². The maximum atomic E-state index is 7.13. The zero-order valence-electron chi connectivity index (χ0n) is 19.9.